The Balaban J connectivity index is 2.11. The first kappa shape index (κ1) is 15.7. The van der Waals surface area contributed by atoms with Crippen LogP contribution in [0.1, 0.15) is 0 Å². The summed E-state index contributed by atoms with van der Waals surface area (Å²) in [6.45, 7) is 0.138. The Bertz CT molecular complexity index is 615. The van der Waals surface area contributed by atoms with Crippen LogP contribution in [0.25, 0.3) is 0 Å². The van der Waals surface area contributed by atoms with Crippen molar-refractivity contribution in [1.29, 1.82) is 0 Å². The van der Waals surface area contributed by atoms with E-state index in [2.05, 4.69) is 15.9 Å². The highest BCUT2D eigenvalue weighted by molar-refractivity contribution is 9.10. The molecular weight excluding hydrogens is 344 g/mol. The topological polar surface area (TPSA) is 88.8 Å². The molecule has 1 fully saturated rings. The van der Waals surface area contributed by atoms with Gasteiger partial charge in [-0.25, -0.2) is 0 Å². The van der Waals surface area contributed by atoms with Crippen molar-refractivity contribution in [3.63, 3.8) is 0 Å². The number of carbonyl (C=O) groups is 2. The van der Waals surface area contributed by atoms with Crippen molar-refractivity contribution in [2.45, 2.75) is 12.6 Å². The first-order chi connectivity index (χ1) is 9.90. The van der Waals surface area contributed by atoms with Gasteiger partial charge in [-0.1, -0.05) is 0 Å². The van der Waals surface area contributed by atoms with Gasteiger partial charge in [0, 0.05) is 23.8 Å². The number of nitrogens with zero attached hydrogens (tertiary/aromatic N) is 2. The number of aromatic nitrogens is 1. The fourth-order valence-corrected chi connectivity index (χ4v) is 2.61. The van der Waals surface area contributed by atoms with Gasteiger partial charge in [0.15, 0.2) is 0 Å². The normalized spacial score (nSPS) is 21.2. The van der Waals surface area contributed by atoms with Crippen LogP contribution in [-0.4, -0.2) is 52.8 Å². The third-order valence-electron chi connectivity index (χ3n) is 3.51. The molecular formula is C13H15BrN2O5. The average Bonchev–Trinajstić information content (AvgIpc) is 2.91. The second-order valence-corrected chi connectivity index (χ2v) is 5.78. The van der Waals surface area contributed by atoms with Gasteiger partial charge in [-0.15, -0.1) is 0 Å². The molecule has 2 unspecified atom stereocenters. The number of rotatable bonds is 4. The van der Waals surface area contributed by atoms with Crippen molar-refractivity contribution in [2.75, 3.05) is 20.3 Å². The molecule has 0 aromatic carbocycles. The van der Waals surface area contributed by atoms with Crippen LogP contribution in [0, 0.1) is 5.92 Å². The van der Waals surface area contributed by atoms with Crippen molar-refractivity contribution >= 4 is 27.8 Å². The monoisotopic (exact) mass is 358 g/mol. The van der Waals surface area contributed by atoms with E-state index >= 15 is 0 Å². The summed E-state index contributed by atoms with van der Waals surface area (Å²) < 4.78 is 7.10. The number of amides is 1. The van der Waals surface area contributed by atoms with Gasteiger partial charge in [-0.05, 0) is 22.0 Å². The van der Waals surface area contributed by atoms with E-state index in [4.69, 9.17) is 9.84 Å². The lowest BCUT2D eigenvalue weighted by Gasteiger charge is -2.26. The number of halogens is 1. The molecule has 2 atom stereocenters. The lowest BCUT2D eigenvalue weighted by atomic mass is 10.0. The molecule has 1 aromatic rings. The summed E-state index contributed by atoms with van der Waals surface area (Å²) in [5, 5.41) is 9.11. The van der Waals surface area contributed by atoms with Gasteiger partial charge in [0.05, 0.1) is 19.3 Å². The molecule has 8 heteroatoms. The Hall–Kier alpha value is -1.67. The summed E-state index contributed by atoms with van der Waals surface area (Å²) in [5.74, 6) is -2.06. The van der Waals surface area contributed by atoms with Crippen molar-refractivity contribution in [3.05, 3.63) is 33.2 Å². The highest BCUT2D eigenvalue weighted by Crippen LogP contribution is 2.19. The molecule has 1 amide bonds. The van der Waals surface area contributed by atoms with Crippen molar-refractivity contribution in [1.82, 2.24) is 9.47 Å². The van der Waals surface area contributed by atoms with E-state index in [-0.39, 0.29) is 31.2 Å². The molecule has 0 aliphatic carbocycles. The molecule has 114 valence electrons. The Labute approximate surface area is 129 Å². The molecule has 7 nitrogen and oxygen atoms in total. The minimum absolute atomic E-state index is 0.0917. The summed E-state index contributed by atoms with van der Waals surface area (Å²) in [5.41, 5.74) is -0.294. The minimum atomic E-state index is -0.989. The van der Waals surface area contributed by atoms with Crippen LogP contribution in [0.15, 0.2) is 27.6 Å². The molecule has 0 radical (unpaired) electrons. The average molecular weight is 359 g/mol. The fourth-order valence-electron chi connectivity index (χ4n) is 2.23. The van der Waals surface area contributed by atoms with Crippen LogP contribution in [0.5, 0.6) is 0 Å². The minimum Gasteiger partial charge on any atom is -0.481 e. The third kappa shape index (κ3) is 3.51. The highest BCUT2D eigenvalue weighted by Gasteiger charge is 2.38. The maximum absolute atomic E-state index is 12.2. The largest absolute Gasteiger partial charge is 0.481 e. The summed E-state index contributed by atoms with van der Waals surface area (Å²) in [6, 6.07) is 2.44. The molecule has 1 N–H and O–H groups in total. The molecule has 2 heterocycles. The predicted molar refractivity (Wildman–Crippen MR) is 76.9 cm³/mol. The fraction of sp³-hybridized carbons (Fsp3) is 0.462. The molecule has 21 heavy (non-hydrogen) atoms. The maximum atomic E-state index is 12.2. The van der Waals surface area contributed by atoms with E-state index in [0.717, 1.165) is 0 Å². The van der Waals surface area contributed by atoms with E-state index in [1.807, 2.05) is 0 Å². The SMILES string of the molecule is CN(C(=O)Cn1cc(Br)ccc1=O)C1COCC1C(=O)O. The molecule has 1 saturated heterocycles. The van der Waals surface area contributed by atoms with Crippen LogP contribution in [0.2, 0.25) is 0 Å². The second-order valence-electron chi connectivity index (χ2n) is 4.87. The summed E-state index contributed by atoms with van der Waals surface area (Å²) >= 11 is 3.24. The van der Waals surface area contributed by atoms with Gasteiger partial charge < -0.3 is 19.3 Å². The second kappa shape index (κ2) is 6.40. The van der Waals surface area contributed by atoms with Gasteiger partial charge in [-0.3, -0.25) is 14.4 Å². The van der Waals surface area contributed by atoms with Crippen LogP contribution in [0.3, 0.4) is 0 Å². The summed E-state index contributed by atoms with van der Waals surface area (Å²) in [7, 11) is 1.53. The van der Waals surface area contributed by atoms with Crippen molar-refractivity contribution in [2.24, 2.45) is 5.92 Å². The van der Waals surface area contributed by atoms with Crippen LogP contribution < -0.4 is 5.56 Å². The third-order valence-corrected chi connectivity index (χ3v) is 3.98. The lowest BCUT2D eigenvalue weighted by Crippen LogP contribution is -2.46. The molecule has 0 bridgehead atoms. The standard InChI is InChI=1S/C13H15BrN2O5/c1-15(10-7-21-6-9(10)13(19)20)12(18)5-16-4-8(14)2-3-11(16)17/h2-4,9-10H,5-7H2,1H3,(H,19,20). The van der Waals surface area contributed by atoms with Gasteiger partial charge in [0.1, 0.15) is 12.5 Å². The number of pyridine rings is 1. The van der Waals surface area contributed by atoms with Crippen LogP contribution in [0.4, 0.5) is 0 Å². The van der Waals surface area contributed by atoms with E-state index in [0.29, 0.717) is 4.47 Å². The number of aliphatic carboxylic acids is 1. The molecule has 1 aliphatic heterocycles. The Morgan fingerprint density at radius 1 is 1.48 bits per heavy atom. The van der Waals surface area contributed by atoms with Crippen molar-refractivity contribution < 1.29 is 19.4 Å². The smallest absolute Gasteiger partial charge is 0.311 e. The maximum Gasteiger partial charge on any atom is 0.311 e. The van der Waals surface area contributed by atoms with Crippen molar-refractivity contribution in [3.8, 4) is 0 Å². The number of hydrogen-bond donors (Lipinski definition) is 1. The summed E-state index contributed by atoms with van der Waals surface area (Å²) in [6.07, 6.45) is 1.52. The van der Waals surface area contributed by atoms with Gasteiger partial charge >= 0.3 is 5.97 Å². The van der Waals surface area contributed by atoms with Crippen LogP contribution in [-0.2, 0) is 20.9 Å². The molecule has 1 aliphatic rings. The lowest BCUT2D eigenvalue weighted by molar-refractivity contribution is -0.144. The molecule has 0 saturated carbocycles. The zero-order valence-electron chi connectivity index (χ0n) is 11.4. The van der Waals surface area contributed by atoms with Gasteiger partial charge in [0.25, 0.3) is 5.56 Å². The quantitative estimate of drug-likeness (QED) is 0.828. The van der Waals surface area contributed by atoms with Crippen LogP contribution >= 0.6 is 15.9 Å². The zero-order valence-corrected chi connectivity index (χ0v) is 12.9. The number of ether oxygens (including phenoxy) is 1. The van der Waals surface area contributed by atoms with Gasteiger partial charge in [0.2, 0.25) is 5.91 Å². The molecule has 2 rings (SSSR count). The van der Waals surface area contributed by atoms with E-state index in [1.54, 1.807) is 6.07 Å². The van der Waals surface area contributed by atoms with E-state index in [9.17, 15) is 14.4 Å². The summed E-state index contributed by atoms with van der Waals surface area (Å²) in [4.78, 5) is 36.4. The molecule has 1 aromatic heterocycles. The number of carboxylic acids is 1. The van der Waals surface area contributed by atoms with Gasteiger partial charge in [-0.2, -0.15) is 0 Å². The number of likely N-dealkylation sites (N-methyl/N-ethyl adjacent to an activating group) is 1. The number of carboxylic acid groups (broad SMARTS) is 1. The van der Waals surface area contributed by atoms with E-state index < -0.39 is 17.9 Å². The Morgan fingerprint density at radius 2 is 2.19 bits per heavy atom. The molecule has 0 spiro atoms. The zero-order chi connectivity index (χ0) is 15.6. The highest BCUT2D eigenvalue weighted by atomic mass is 79.9. The first-order valence-corrected chi connectivity index (χ1v) is 7.11. The number of carbonyl (C=O) groups excluding carboxylic acids is 1. The predicted octanol–water partition coefficient (Wildman–Crippen LogP) is 0.169. The first-order valence-electron chi connectivity index (χ1n) is 6.32. The Morgan fingerprint density at radius 3 is 2.86 bits per heavy atom. The van der Waals surface area contributed by atoms with E-state index in [1.165, 1.54) is 28.8 Å². The number of hydrogen-bond acceptors (Lipinski definition) is 4. The Kier molecular flexibility index (Phi) is 4.79.